The fraction of sp³-hybridized carbons (Fsp3) is 1.00. The molecule has 0 saturated carbocycles. The fourth-order valence-corrected chi connectivity index (χ4v) is 5.55. The van der Waals surface area contributed by atoms with Gasteiger partial charge in [0.2, 0.25) is 0 Å². The van der Waals surface area contributed by atoms with Gasteiger partial charge in [-0.3, -0.25) is 4.90 Å². The molecule has 2 aliphatic rings. The van der Waals surface area contributed by atoms with Gasteiger partial charge in [0, 0.05) is 17.3 Å². The molecule has 0 radical (unpaired) electrons. The van der Waals surface area contributed by atoms with E-state index in [-0.39, 0.29) is 23.6 Å². The summed E-state index contributed by atoms with van der Waals surface area (Å²) in [4.78, 5) is 2.31. The standard InChI is InChI=1S/C11H22N2O2S2/c1-16-9-3-2-5-13(6-4-9)11-8-17(14,15)7-10(11)12/h9-11H,2-8,12H2,1H3. The summed E-state index contributed by atoms with van der Waals surface area (Å²) in [6.07, 6.45) is 5.72. The summed E-state index contributed by atoms with van der Waals surface area (Å²) in [5.41, 5.74) is 5.98. The molecule has 2 N–H and O–H groups in total. The lowest BCUT2D eigenvalue weighted by Crippen LogP contribution is -2.47. The lowest BCUT2D eigenvalue weighted by molar-refractivity contribution is 0.206. The van der Waals surface area contributed by atoms with Gasteiger partial charge in [-0.15, -0.1) is 0 Å². The number of hydrogen-bond donors (Lipinski definition) is 1. The number of thioether (sulfide) groups is 1. The van der Waals surface area contributed by atoms with Gasteiger partial charge >= 0.3 is 0 Å². The van der Waals surface area contributed by atoms with Gasteiger partial charge in [-0.1, -0.05) is 0 Å². The van der Waals surface area contributed by atoms with Gasteiger partial charge in [-0.2, -0.15) is 11.8 Å². The Hall–Kier alpha value is 0.220. The summed E-state index contributed by atoms with van der Waals surface area (Å²) < 4.78 is 23.2. The van der Waals surface area contributed by atoms with Crippen molar-refractivity contribution in [2.75, 3.05) is 30.9 Å². The summed E-state index contributed by atoms with van der Waals surface area (Å²) >= 11 is 1.93. The average molecular weight is 278 g/mol. The van der Waals surface area contributed by atoms with Crippen LogP contribution in [0.25, 0.3) is 0 Å². The van der Waals surface area contributed by atoms with Crippen molar-refractivity contribution < 1.29 is 8.42 Å². The molecule has 2 rings (SSSR count). The van der Waals surface area contributed by atoms with Gasteiger partial charge < -0.3 is 5.73 Å². The maximum Gasteiger partial charge on any atom is 0.153 e. The first-order valence-corrected chi connectivity index (χ1v) is 9.35. The molecule has 2 heterocycles. The van der Waals surface area contributed by atoms with Crippen LogP contribution in [-0.2, 0) is 9.84 Å². The number of nitrogens with zero attached hydrogens (tertiary/aromatic N) is 1. The average Bonchev–Trinajstić information content (AvgIpc) is 2.46. The molecular formula is C11H22N2O2S2. The van der Waals surface area contributed by atoms with Crippen molar-refractivity contribution in [1.82, 2.24) is 4.90 Å². The van der Waals surface area contributed by atoms with Crippen LogP contribution in [0.5, 0.6) is 0 Å². The summed E-state index contributed by atoms with van der Waals surface area (Å²) in [6.45, 7) is 2.00. The lowest BCUT2D eigenvalue weighted by Gasteiger charge is -2.29. The zero-order chi connectivity index (χ0) is 12.5. The second kappa shape index (κ2) is 5.47. The maximum absolute atomic E-state index is 11.6. The molecule has 0 aliphatic carbocycles. The molecule has 3 atom stereocenters. The number of nitrogens with two attached hydrogens (primary N) is 1. The van der Waals surface area contributed by atoms with Gasteiger partial charge in [-0.05, 0) is 38.6 Å². The van der Waals surface area contributed by atoms with E-state index in [9.17, 15) is 8.42 Å². The molecule has 6 heteroatoms. The Balaban J connectivity index is 1.98. The van der Waals surface area contributed by atoms with Crippen molar-refractivity contribution >= 4 is 21.6 Å². The summed E-state index contributed by atoms with van der Waals surface area (Å²) in [5.74, 6) is 0.429. The van der Waals surface area contributed by atoms with Crippen LogP contribution < -0.4 is 5.73 Å². The van der Waals surface area contributed by atoms with Crippen molar-refractivity contribution in [2.45, 2.75) is 36.6 Å². The highest BCUT2D eigenvalue weighted by Gasteiger charge is 2.39. The first kappa shape index (κ1) is 13.6. The van der Waals surface area contributed by atoms with Crippen molar-refractivity contribution in [1.29, 1.82) is 0 Å². The second-order valence-corrected chi connectivity index (χ2v) is 8.42. The van der Waals surface area contributed by atoms with Crippen LogP contribution in [0.2, 0.25) is 0 Å². The number of sulfone groups is 1. The van der Waals surface area contributed by atoms with E-state index >= 15 is 0 Å². The maximum atomic E-state index is 11.6. The van der Waals surface area contributed by atoms with Crippen molar-refractivity contribution in [3.8, 4) is 0 Å². The second-order valence-electron chi connectivity index (χ2n) is 5.13. The summed E-state index contributed by atoms with van der Waals surface area (Å²) in [7, 11) is -2.90. The molecule has 0 aromatic carbocycles. The van der Waals surface area contributed by atoms with Crippen molar-refractivity contribution in [2.24, 2.45) is 5.73 Å². The minimum absolute atomic E-state index is 0.0561. The van der Waals surface area contributed by atoms with E-state index in [4.69, 9.17) is 5.73 Å². The van der Waals surface area contributed by atoms with Crippen molar-refractivity contribution in [3.63, 3.8) is 0 Å². The van der Waals surface area contributed by atoms with Crippen LogP contribution in [0.1, 0.15) is 19.3 Å². The third kappa shape index (κ3) is 3.36. The normalized spacial score (nSPS) is 39.1. The quantitative estimate of drug-likeness (QED) is 0.788. The summed E-state index contributed by atoms with van der Waals surface area (Å²) in [5, 5.41) is 0.731. The van der Waals surface area contributed by atoms with E-state index in [1.165, 1.54) is 6.42 Å². The number of hydrogen-bond acceptors (Lipinski definition) is 5. The highest BCUT2D eigenvalue weighted by atomic mass is 32.2. The van der Waals surface area contributed by atoms with Crippen LogP contribution in [0.15, 0.2) is 0 Å². The van der Waals surface area contributed by atoms with E-state index in [1.807, 2.05) is 11.8 Å². The van der Waals surface area contributed by atoms with E-state index in [0.29, 0.717) is 0 Å². The number of likely N-dealkylation sites (tertiary alicyclic amines) is 1. The van der Waals surface area contributed by atoms with Gasteiger partial charge in [0.05, 0.1) is 11.5 Å². The third-order valence-electron chi connectivity index (χ3n) is 3.88. The van der Waals surface area contributed by atoms with E-state index in [1.54, 1.807) is 0 Å². The fourth-order valence-electron chi connectivity index (χ4n) is 2.89. The first-order chi connectivity index (χ1) is 8.02. The predicted octanol–water partition coefficient (Wildman–Crippen LogP) is 0.328. The van der Waals surface area contributed by atoms with Crippen LogP contribution in [0, 0.1) is 0 Å². The smallest absolute Gasteiger partial charge is 0.153 e. The van der Waals surface area contributed by atoms with Gasteiger partial charge in [0.1, 0.15) is 0 Å². The molecule has 17 heavy (non-hydrogen) atoms. The number of rotatable bonds is 2. The molecule has 0 bridgehead atoms. The van der Waals surface area contributed by atoms with Crippen LogP contribution in [-0.4, -0.2) is 61.5 Å². The first-order valence-electron chi connectivity index (χ1n) is 6.24. The molecule has 4 nitrogen and oxygen atoms in total. The Bertz CT molecular complexity index is 358. The molecule has 0 spiro atoms. The van der Waals surface area contributed by atoms with Crippen LogP contribution >= 0.6 is 11.8 Å². The SMILES string of the molecule is CSC1CCCN(C2CS(=O)(=O)CC2N)CC1. The Kier molecular flexibility index (Phi) is 4.39. The Morgan fingerprint density at radius 2 is 2.00 bits per heavy atom. The largest absolute Gasteiger partial charge is 0.325 e. The van der Waals surface area contributed by atoms with Gasteiger partial charge in [0.25, 0.3) is 0 Å². The highest BCUT2D eigenvalue weighted by Crippen LogP contribution is 2.25. The molecule has 2 aliphatic heterocycles. The van der Waals surface area contributed by atoms with Crippen LogP contribution in [0.3, 0.4) is 0 Å². The molecule has 2 saturated heterocycles. The zero-order valence-corrected chi connectivity index (χ0v) is 12.0. The van der Waals surface area contributed by atoms with Gasteiger partial charge in [0.15, 0.2) is 9.84 Å². The molecule has 3 unspecified atom stereocenters. The Labute approximate surface area is 108 Å². The van der Waals surface area contributed by atoms with Crippen LogP contribution in [0.4, 0.5) is 0 Å². The van der Waals surface area contributed by atoms with Gasteiger partial charge in [-0.25, -0.2) is 8.42 Å². The van der Waals surface area contributed by atoms with E-state index in [2.05, 4.69) is 11.2 Å². The predicted molar refractivity (Wildman–Crippen MR) is 73.1 cm³/mol. The Morgan fingerprint density at radius 1 is 1.24 bits per heavy atom. The zero-order valence-electron chi connectivity index (χ0n) is 10.3. The Morgan fingerprint density at radius 3 is 2.59 bits per heavy atom. The molecule has 100 valence electrons. The van der Waals surface area contributed by atoms with E-state index in [0.717, 1.165) is 31.2 Å². The molecular weight excluding hydrogens is 256 g/mol. The molecule has 2 fully saturated rings. The molecule has 0 aromatic rings. The third-order valence-corrected chi connectivity index (χ3v) is 6.76. The lowest BCUT2D eigenvalue weighted by atomic mass is 10.1. The summed E-state index contributed by atoms with van der Waals surface area (Å²) in [6, 6.07) is -0.133. The minimum Gasteiger partial charge on any atom is -0.325 e. The molecule has 0 aromatic heterocycles. The topological polar surface area (TPSA) is 63.4 Å². The molecule has 0 amide bonds. The minimum atomic E-state index is -2.90. The van der Waals surface area contributed by atoms with Crippen molar-refractivity contribution in [3.05, 3.63) is 0 Å². The highest BCUT2D eigenvalue weighted by molar-refractivity contribution is 7.99. The van der Waals surface area contributed by atoms with E-state index < -0.39 is 9.84 Å². The monoisotopic (exact) mass is 278 g/mol.